The van der Waals surface area contributed by atoms with Crippen molar-refractivity contribution in [3.05, 3.63) is 99.5 Å². The van der Waals surface area contributed by atoms with E-state index in [2.05, 4.69) is 22.7 Å². The molecule has 1 amide bonds. The van der Waals surface area contributed by atoms with Crippen molar-refractivity contribution < 1.29 is 19.0 Å². The fourth-order valence-corrected chi connectivity index (χ4v) is 4.18. The minimum absolute atomic E-state index is 0.315. The SMILES string of the molecule is COc1ccc(C(=O)N/N=C/c2cc(Cl)c(OCc3cccc4ccccc34)c(Cl)c2)cc1OC. The summed E-state index contributed by atoms with van der Waals surface area (Å²) in [5.41, 5.74) is 4.47. The number of hydrogen-bond donors (Lipinski definition) is 1. The summed E-state index contributed by atoms with van der Waals surface area (Å²) >= 11 is 12.9. The number of hydrazone groups is 1. The summed E-state index contributed by atoms with van der Waals surface area (Å²) in [5.74, 6) is 0.948. The number of amides is 1. The van der Waals surface area contributed by atoms with Gasteiger partial charge in [0.2, 0.25) is 0 Å². The van der Waals surface area contributed by atoms with E-state index in [1.807, 2.05) is 30.3 Å². The first-order valence-electron chi connectivity index (χ1n) is 10.6. The van der Waals surface area contributed by atoms with Crippen molar-refractivity contribution in [2.45, 2.75) is 6.61 Å². The molecule has 4 rings (SSSR count). The van der Waals surface area contributed by atoms with Crippen molar-refractivity contribution in [3.63, 3.8) is 0 Å². The number of ether oxygens (including phenoxy) is 3. The molecule has 0 saturated heterocycles. The highest BCUT2D eigenvalue weighted by atomic mass is 35.5. The van der Waals surface area contributed by atoms with E-state index in [0.29, 0.717) is 45.0 Å². The van der Waals surface area contributed by atoms with Crippen LogP contribution >= 0.6 is 23.2 Å². The quantitative estimate of drug-likeness (QED) is 0.217. The highest BCUT2D eigenvalue weighted by molar-refractivity contribution is 6.37. The van der Waals surface area contributed by atoms with Gasteiger partial charge in [0.1, 0.15) is 6.61 Å². The Balaban J connectivity index is 1.43. The Morgan fingerprint density at radius 2 is 1.63 bits per heavy atom. The van der Waals surface area contributed by atoms with Crippen LogP contribution in [0.5, 0.6) is 17.2 Å². The lowest BCUT2D eigenvalue weighted by Gasteiger charge is -2.12. The molecule has 4 aromatic carbocycles. The van der Waals surface area contributed by atoms with Gasteiger partial charge in [0.15, 0.2) is 17.2 Å². The first kappa shape index (κ1) is 24.4. The normalized spacial score (nSPS) is 11.0. The number of nitrogens with zero attached hydrogens (tertiary/aromatic N) is 1. The van der Waals surface area contributed by atoms with Crippen molar-refractivity contribution in [2.75, 3.05) is 14.2 Å². The minimum Gasteiger partial charge on any atom is -0.493 e. The number of nitrogens with one attached hydrogen (secondary N) is 1. The number of benzene rings is 4. The molecule has 0 bridgehead atoms. The van der Waals surface area contributed by atoms with Gasteiger partial charge in [-0.2, -0.15) is 5.10 Å². The van der Waals surface area contributed by atoms with Crippen LogP contribution in [0.4, 0.5) is 0 Å². The lowest BCUT2D eigenvalue weighted by Crippen LogP contribution is -2.17. The van der Waals surface area contributed by atoms with Crippen LogP contribution in [0.2, 0.25) is 10.0 Å². The molecule has 0 atom stereocenters. The third kappa shape index (κ3) is 5.67. The van der Waals surface area contributed by atoms with Crippen LogP contribution < -0.4 is 19.6 Å². The average Bonchev–Trinajstić information content (AvgIpc) is 2.87. The second-order valence-electron chi connectivity index (χ2n) is 7.51. The topological polar surface area (TPSA) is 69.2 Å². The Bertz CT molecular complexity index is 1380. The molecular formula is C27H22Cl2N2O4. The third-order valence-electron chi connectivity index (χ3n) is 5.30. The van der Waals surface area contributed by atoms with Crippen LogP contribution in [-0.4, -0.2) is 26.3 Å². The highest BCUT2D eigenvalue weighted by Crippen LogP contribution is 2.35. The predicted molar refractivity (Wildman–Crippen MR) is 139 cm³/mol. The molecule has 0 saturated carbocycles. The monoisotopic (exact) mass is 508 g/mol. The largest absolute Gasteiger partial charge is 0.493 e. The number of rotatable bonds is 8. The first-order valence-corrected chi connectivity index (χ1v) is 11.4. The smallest absolute Gasteiger partial charge is 0.271 e. The molecule has 0 heterocycles. The van der Waals surface area contributed by atoms with E-state index in [-0.39, 0.29) is 0 Å². The van der Waals surface area contributed by atoms with Gasteiger partial charge in [-0.3, -0.25) is 4.79 Å². The van der Waals surface area contributed by atoms with Crippen LogP contribution in [-0.2, 0) is 6.61 Å². The summed E-state index contributed by atoms with van der Waals surface area (Å²) in [6, 6.07) is 22.3. The fraction of sp³-hybridized carbons (Fsp3) is 0.111. The van der Waals surface area contributed by atoms with Gasteiger partial charge in [-0.1, -0.05) is 65.7 Å². The summed E-state index contributed by atoms with van der Waals surface area (Å²) in [5, 5.41) is 6.92. The van der Waals surface area contributed by atoms with Crippen LogP contribution in [0, 0.1) is 0 Å². The molecule has 0 radical (unpaired) electrons. The van der Waals surface area contributed by atoms with Crippen LogP contribution in [0.25, 0.3) is 10.8 Å². The van der Waals surface area contributed by atoms with Gasteiger partial charge in [-0.25, -0.2) is 5.43 Å². The fourth-order valence-electron chi connectivity index (χ4n) is 3.57. The molecule has 1 N–H and O–H groups in total. The number of fused-ring (bicyclic) bond motifs is 1. The number of carbonyl (C=O) groups is 1. The molecule has 0 aliphatic carbocycles. The minimum atomic E-state index is -0.408. The maximum Gasteiger partial charge on any atom is 0.271 e. The maximum absolute atomic E-state index is 12.4. The van der Waals surface area contributed by atoms with E-state index in [1.165, 1.54) is 20.4 Å². The Hall–Kier alpha value is -3.74. The van der Waals surface area contributed by atoms with Crippen molar-refractivity contribution in [2.24, 2.45) is 5.10 Å². The van der Waals surface area contributed by atoms with Gasteiger partial charge in [0.25, 0.3) is 5.91 Å². The molecule has 0 unspecified atom stereocenters. The highest BCUT2D eigenvalue weighted by Gasteiger charge is 2.12. The summed E-state index contributed by atoms with van der Waals surface area (Å²) in [4.78, 5) is 12.4. The van der Waals surface area contributed by atoms with E-state index in [4.69, 9.17) is 37.4 Å². The van der Waals surface area contributed by atoms with Crippen molar-refractivity contribution >= 4 is 46.1 Å². The molecule has 4 aromatic rings. The van der Waals surface area contributed by atoms with Crippen LogP contribution in [0.3, 0.4) is 0 Å². The summed E-state index contributed by atoms with van der Waals surface area (Å²) < 4.78 is 16.4. The Labute approximate surface area is 213 Å². The lowest BCUT2D eigenvalue weighted by atomic mass is 10.1. The summed E-state index contributed by atoms with van der Waals surface area (Å²) in [7, 11) is 3.03. The standard InChI is InChI=1S/C27H22Cl2N2O4/c1-33-24-11-10-19(14-25(24)34-2)27(32)31-30-15-17-12-22(28)26(23(29)13-17)35-16-20-8-5-7-18-6-3-4-9-21(18)20/h3-15H,16H2,1-2H3,(H,31,32)/b30-15+. The molecule has 178 valence electrons. The Morgan fingerprint density at radius 1 is 0.914 bits per heavy atom. The van der Waals surface area contributed by atoms with Crippen LogP contribution in [0.1, 0.15) is 21.5 Å². The molecule has 6 nitrogen and oxygen atoms in total. The third-order valence-corrected chi connectivity index (χ3v) is 5.86. The lowest BCUT2D eigenvalue weighted by molar-refractivity contribution is 0.0954. The number of halogens is 2. The van der Waals surface area contributed by atoms with E-state index in [1.54, 1.807) is 30.3 Å². The number of methoxy groups -OCH3 is 2. The predicted octanol–water partition coefficient (Wildman–Crippen LogP) is 6.51. The van der Waals surface area contributed by atoms with Crippen molar-refractivity contribution in [1.29, 1.82) is 0 Å². The van der Waals surface area contributed by atoms with E-state index in [9.17, 15) is 4.79 Å². The number of hydrogen-bond acceptors (Lipinski definition) is 5. The van der Waals surface area contributed by atoms with Gasteiger partial charge in [0.05, 0.1) is 30.5 Å². The van der Waals surface area contributed by atoms with Gasteiger partial charge in [0, 0.05) is 5.56 Å². The molecule has 35 heavy (non-hydrogen) atoms. The number of carbonyl (C=O) groups excluding carboxylic acids is 1. The average molecular weight is 509 g/mol. The van der Waals surface area contributed by atoms with Crippen molar-refractivity contribution in [3.8, 4) is 17.2 Å². The molecule has 0 fully saturated rings. The Kier molecular flexibility index (Phi) is 7.75. The molecule has 0 spiro atoms. The van der Waals surface area contributed by atoms with Gasteiger partial charge >= 0.3 is 0 Å². The molecule has 0 aliphatic rings. The molecule has 0 aromatic heterocycles. The van der Waals surface area contributed by atoms with Gasteiger partial charge < -0.3 is 14.2 Å². The Morgan fingerprint density at radius 3 is 2.37 bits per heavy atom. The van der Waals surface area contributed by atoms with Crippen molar-refractivity contribution in [1.82, 2.24) is 5.43 Å². The summed E-state index contributed by atoms with van der Waals surface area (Å²) in [6.07, 6.45) is 1.45. The van der Waals surface area contributed by atoms with Gasteiger partial charge in [-0.05, 0) is 52.2 Å². The van der Waals surface area contributed by atoms with E-state index < -0.39 is 5.91 Å². The molecule has 0 aliphatic heterocycles. The second-order valence-corrected chi connectivity index (χ2v) is 8.32. The molecule has 8 heteroatoms. The van der Waals surface area contributed by atoms with Gasteiger partial charge in [-0.15, -0.1) is 0 Å². The maximum atomic E-state index is 12.4. The summed E-state index contributed by atoms with van der Waals surface area (Å²) in [6.45, 7) is 0.315. The zero-order chi connectivity index (χ0) is 24.8. The molecular weight excluding hydrogens is 487 g/mol. The van der Waals surface area contributed by atoms with E-state index >= 15 is 0 Å². The van der Waals surface area contributed by atoms with E-state index in [0.717, 1.165) is 16.3 Å². The zero-order valence-corrected chi connectivity index (χ0v) is 20.6. The first-order chi connectivity index (χ1) is 17.0. The second kappa shape index (κ2) is 11.1. The zero-order valence-electron chi connectivity index (χ0n) is 19.0. The van der Waals surface area contributed by atoms with Crippen LogP contribution in [0.15, 0.2) is 77.9 Å².